The first kappa shape index (κ1) is 13.8. The van der Waals surface area contributed by atoms with E-state index in [0.717, 1.165) is 38.8 Å². The molecule has 0 spiro atoms. The SMILES string of the molecule is CC(C(=O)NC1CCCC1)N1CCC(CO)CC1. The summed E-state index contributed by atoms with van der Waals surface area (Å²) in [7, 11) is 0. The van der Waals surface area contributed by atoms with E-state index in [2.05, 4.69) is 10.2 Å². The molecule has 18 heavy (non-hydrogen) atoms. The predicted molar refractivity (Wildman–Crippen MR) is 71.2 cm³/mol. The molecule has 4 heteroatoms. The highest BCUT2D eigenvalue weighted by atomic mass is 16.3. The van der Waals surface area contributed by atoms with E-state index >= 15 is 0 Å². The lowest BCUT2D eigenvalue weighted by atomic mass is 9.97. The van der Waals surface area contributed by atoms with Crippen molar-refractivity contribution >= 4 is 5.91 Å². The van der Waals surface area contributed by atoms with Gasteiger partial charge in [0.2, 0.25) is 5.91 Å². The van der Waals surface area contributed by atoms with Crippen LogP contribution in [-0.2, 0) is 4.79 Å². The second-order valence-corrected chi connectivity index (χ2v) is 5.83. The highest BCUT2D eigenvalue weighted by Gasteiger charge is 2.27. The van der Waals surface area contributed by atoms with Gasteiger partial charge >= 0.3 is 0 Å². The van der Waals surface area contributed by atoms with Crippen LogP contribution in [0.4, 0.5) is 0 Å². The van der Waals surface area contributed by atoms with Crippen LogP contribution in [-0.4, -0.2) is 47.7 Å². The van der Waals surface area contributed by atoms with Crippen molar-refractivity contribution in [1.29, 1.82) is 0 Å². The molecule has 1 saturated heterocycles. The molecule has 0 aromatic heterocycles. The molecule has 4 nitrogen and oxygen atoms in total. The number of nitrogens with one attached hydrogen (secondary N) is 1. The van der Waals surface area contributed by atoms with Crippen LogP contribution in [0.1, 0.15) is 45.4 Å². The van der Waals surface area contributed by atoms with Gasteiger partial charge < -0.3 is 10.4 Å². The summed E-state index contributed by atoms with van der Waals surface area (Å²) in [6.07, 6.45) is 6.81. The highest BCUT2D eigenvalue weighted by Crippen LogP contribution is 2.20. The number of rotatable bonds is 4. The number of hydrogen-bond donors (Lipinski definition) is 2. The van der Waals surface area contributed by atoms with Gasteiger partial charge in [0, 0.05) is 12.6 Å². The number of nitrogens with zero attached hydrogens (tertiary/aromatic N) is 1. The average molecular weight is 254 g/mol. The van der Waals surface area contributed by atoms with Crippen LogP contribution in [0.25, 0.3) is 0 Å². The fourth-order valence-corrected chi connectivity index (χ4v) is 3.08. The zero-order valence-electron chi connectivity index (χ0n) is 11.4. The largest absolute Gasteiger partial charge is 0.396 e. The maximum Gasteiger partial charge on any atom is 0.237 e. The van der Waals surface area contributed by atoms with Crippen LogP contribution >= 0.6 is 0 Å². The molecule has 0 aromatic carbocycles. The molecule has 2 fully saturated rings. The van der Waals surface area contributed by atoms with Gasteiger partial charge in [0.05, 0.1) is 6.04 Å². The number of amides is 1. The van der Waals surface area contributed by atoms with Crippen molar-refractivity contribution in [3.05, 3.63) is 0 Å². The van der Waals surface area contributed by atoms with Gasteiger partial charge in [-0.25, -0.2) is 0 Å². The molecule has 0 aromatic rings. The molecular formula is C14H26N2O2. The first-order valence-corrected chi connectivity index (χ1v) is 7.36. The van der Waals surface area contributed by atoms with E-state index in [1.165, 1.54) is 12.8 Å². The minimum atomic E-state index is -0.0229. The molecule has 2 N–H and O–H groups in total. The van der Waals surface area contributed by atoms with Gasteiger partial charge in [0.15, 0.2) is 0 Å². The minimum Gasteiger partial charge on any atom is -0.396 e. The number of aliphatic hydroxyl groups is 1. The highest BCUT2D eigenvalue weighted by molar-refractivity contribution is 5.81. The summed E-state index contributed by atoms with van der Waals surface area (Å²) < 4.78 is 0. The standard InChI is InChI=1S/C14H26N2O2/c1-11(14(18)15-13-4-2-3-5-13)16-8-6-12(10-17)7-9-16/h11-13,17H,2-10H2,1H3,(H,15,18). The smallest absolute Gasteiger partial charge is 0.237 e. The Morgan fingerprint density at radius 2 is 1.89 bits per heavy atom. The normalized spacial score (nSPS) is 25.2. The Morgan fingerprint density at radius 1 is 1.28 bits per heavy atom. The molecule has 1 unspecified atom stereocenters. The van der Waals surface area contributed by atoms with E-state index in [1.54, 1.807) is 0 Å². The molecule has 1 atom stereocenters. The minimum absolute atomic E-state index is 0.0229. The molecule has 1 aliphatic heterocycles. The van der Waals surface area contributed by atoms with Crippen LogP contribution < -0.4 is 5.32 Å². The second-order valence-electron chi connectivity index (χ2n) is 5.83. The Hall–Kier alpha value is -0.610. The van der Waals surface area contributed by atoms with E-state index in [1.807, 2.05) is 6.92 Å². The molecular weight excluding hydrogens is 228 g/mol. The summed E-state index contributed by atoms with van der Waals surface area (Å²) in [6.45, 7) is 4.16. The lowest BCUT2D eigenvalue weighted by Gasteiger charge is -2.35. The van der Waals surface area contributed by atoms with Crippen molar-refractivity contribution in [3.63, 3.8) is 0 Å². The summed E-state index contributed by atoms with van der Waals surface area (Å²) >= 11 is 0. The summed E-state index contributed by atoms with van der Waals surface area (Å²) in [5.74, 6) is 0.621. The maximum absolute atomic E-state index is 12.1. The third kappa shape index (κ3) is 3.45. The quantitative estimate of drug-likeness (QED) is 0.791. The molecule has 0 bridgehead atoms. The van der Waals surface area contributed by atoms with Gasteiger partial charge in [0.1, 0.15) is 0 Å². The Morgan fingerprint density at radius 3 is 2.44 bits per heavy atom. The van der Waals surface area contributed by atoms with Crippen molar-refractivity contribution in [1.82, 2.24) is 10.2 Å². The van der Waals surface area contributed by atoms with E-state index in [4.69, 9.17) is 5.11 Å². The van der Waals surface area contributed by atoms with Gasteiger partial charge in [-0.3, -0.25) is 9.69 Å². The Labute approximate surface area is 110 Å². The monoisotopic (exact) mass is 254 g/mol. The fraction of sp³-hybridized carbons (Fsp3) is 0.929. The first-order valence-electron chi connectivity index (χ1n) is 7.36. The van der Waals surface area contributed by atoms with Crippen LogP contribution in [0, 0.1) is 5.92 Å². The number of carbonyl (C=O) groups is 1. The topological polar surface area (TPSA) is 52.6 Å². The molecule has 0 radical (unpaired) electrons. The lowest BCUT2D eigenvalue weighted by Crippen LogP contribution is -2.50. The molecule has 1 saturated carbocycles. The van der Waals surface area contributed by atoms with Gasteiger partial charge in [0.25, 0.3) is 0 Å². The van der Waals surface area contributed by atoms with Gasteiger partial charge in [-0.15, -0.1) is 0 Å². The van der Waals surface area contributed by atoms with Crippen LogP contribution in [0.2, 0.25) is 0 Å². The number of aliphatic hydroxyl groups excluding tert-OH is 1. The van der Waals surface area contributed by atoms with E-state index in [-0.39, 0.29) is 18.6 Å². The molecule has 1 heterocycles. The zero-order chi connectivity index (χ0) is 13.0. The molecule has 1 aliphatic carbocycles. The van der Waals surface area contributed by atoms with Crippen molar-refractivity contribution in [2.75, 3.05) is 19.7 Å². The van der Waals surface area contributed by atoms with Gasteiger partial charge in [-0.05, 0) is 51.6 Å². The van der Waals surface area contributed by atoms with Crippen molar-refractivity contribution in [2.45, 2.75) is 57.5 Å². The summed E-state index contributed by atoms with van der Waals surface area (Å²) in [6, 6.07) is 0.389. The lowest BCUT2D eigenvalue weighted by molar-refractivity contribution is -0.127. The number of likely N-dealkylation sites (tertiary alicyclic amines) is 1. The molecule has 2 rings (SSSR count). The first-order chi connectivity index (χ1) is 8.70. The van der Waals surface area contributed by atoms with Crippen LogP contribution in [0.15, 0.2) is 0 Å². The molecule has 1 amide bonds. The summed E-state index contributed by atoms with van der Waals surface area (Å²) in [5, 5.41) is 12.3. The van der Waals surface area contributed by atoms with Crippen molar-refractivity contribution in [2.24, 2.45) is 5.92 Å². The summed E-state index contributed by atoms with van der Waals surface area (Å²) in [4.78, 5) is 14.4. The number of hydrogen-bond acceptors (Lipinski definition) is 3. The number of piperidine rings is 1. The third-order valence-electron chi connectivity index (χ3n) is 4.54. The van der Waals surface area contributed by atoms with Crippen molar-refractivity contribution < 1.29 is 9.90 Å². The van der Waals surface area contributed by atoms with Gasteiger partial charge in [-0.1, -0.05) is 12.8 Å². The van der Waals surface area contributed by atoms with Crippen LogP contribution in [0.3, 0.4) is 0 Å². The molecule has 104 valence electrons. The Kier molecular flexibility index (Phi) is 5.01. The second kappa shape index (κ2) is 6.53. The zero-order valence-corrected chi connectivity index (χ0v) is 11.4. The Bertz CT molecular complexity index is 269. The fourth-order valence-electron chi connectivity index (χ4n) is 3.08. The van der Waals surface area contributed by atoms with Crippen LogP contribution in [0.5, 0.6) is 0 Å². The Balaban J connectivity index is 1.76. The maximum atomic E-state index is 12.1. The van der Waals surface area contributed by atoms with Gasteiger partial charge in [-0.2, -0.15) is 0 Å². The number of carbonyl (C=O) groups excluding carboxylic acids is 1. The van der Waals surface area contributed by atoms with E-state index < -0.39 is 0 Å². The molecule has 2 aliphatic rings. The van der Waals surface area contributed by atoms with Crippen molar-refractivity contribution in [3.8, 4) is 0 Å². The third-order valence-corrected chi connectivity index (χ3v) is 4.54. The summed E-state index contributed by atoms with van der Waals surface area (Å²) in [5.41, 5.74) is 0. The van der Waals surface area contributed by atoms with E-state index in [0.29, 0.717) is 12.0 Å². The van der Waals surface area contributed by atoms with E-state index in [9.17, 15) is 4.79 Å². The average Bonchev–Trinajstić information content (AvgIpc) is 2.91. The predicted octanol–water partition coefficient (Wildman–Crippen LogP) is 1.14.